The van der Waals surface area contributed by atoms with Gasteiger partial charge in [0, 0.05) is 5.56 Å². The summed E-state index contributed by atoms with van der Waals surface area (Å²) in [7, 11) is 0. The van der Waals surface area contributed by atoms with Crippen molar-refractivity contribution in [3.63, 3.8) is 0 Å². The molecule has 20 heavy (non-hydrogen) atoms. The summed E-state index contributed by atoms with van der Waals surface area (Å²) in [5, 5.41) is 11.1. The summed E-state index contributed by atoms with van der Waals surface area (Å²) in [6, 6.07) is 5.65. The third kappa shape index (κ3) is 2.05. The van der Waals surface area contributed by atoms with Crippen molar-refractivity contribution < 1.29 is 13.2 Å². The Balaban J connectivity index is 2.14. The monoisotopic (exact) mass is 298 g/mol. The summed E-state index contributed by atoms with van der Waals surface area (Å²) in [6.07, 6.45) is -4.56. The summed E-state index contributed by atoms with van der Waals surface area (Å²) in [5.41, 5.74) is 2.95. The van der Waals surface area contributed by atoms with Crippen LogP contribution in [0.2, 0.25) is 0 Å². The molecule has 0 aliphatic carbocycles. The highest BCUT2D eigenvalue weighted by Crippen LogP contribution is 2.32. The number of benzene rings is 1. The Labute approximate surface area is 115 Å². The lowest BCUT2D eigenvalue weighted by Crippen LogP contribution is -2.11. The second kappa shape index (κ2) is 4.27. The van der Waals surface area contributed by atoms with E-state index in [9.17, 15) is 13.2 Å². The molecule has 0 amide bonds. The molecule has 2 heterocycles. The minimum atomic E-state index is -4.56. The molecule has 0 unspecified atom stereocenters. The molecule has 0 aliphatic heterocycles. The van der Waals surface area contributed by atoms with Gasteiger partial charge in [0.25, 0.3) is 5.82 Å². The fourth-order valence-electron chi connectivity index (χ4n) is 1.78. The van der Waals surface area contributed by atoms with Crippen molar-refractivity contribution in [1.82, 2.24) is 19.8 Å². The molecular weight excluding hydrogens is 289 g/mol. The molecule has 3 rings (SSSR count). The van der Waals surface area contributed by atoms with Crippen LogP contribution in [0.25, 0.3) is 15.5 Å². The maximum atomic E-state index is 12.7. The highest BCUT2D eigenvalue weighted by molar-refractivity contribution is 7.19. The van der Waals surface area contributed by atoms with Gasteiger partial charge in [0.05, 0.1) is 0 Å². The summed E-state index contributed by atoms with van der Waals surface area (Å²) < 4.78 is 38.9. The van der Waals surface area contributed by atoms with Crippen LogP contribution in [0.3, 0.4) is 0 Å². The molecule has 4 nitrogen and oxygen atoms in total. The molecule has 2 aromatic heterocycles. The molecule has 0 fully saturated rings. The Kier molecular flexibility index (Phi) is 2.79. The molecule has 104 valence electrons. The van der Waals surface area contributed by atoms with Crippen LogP contribution in [0, 0.1) is 13.8 Å². The average molecular weight is 298 g/mol. The first-order valence-electron chi connectivity index (χ1n) is 5.73. The molecule has 3 aromatic rings. The molecule has 0 saturated heterocycles. The van der Waals surface area contributed by atoms with Gasteiger partial charge >= 0.3 is 6.18 Å². The van der Waals surface area contributed by atoms with Gasteiger partial charge in [-0.2, -0.15) is 22.8 Å². The van der Waals surface area contributed by atoms with Crippen molar-refractivity contribution in [3.8, 4) is 10.6 Å². The Morgan fingerprint density at radius 3 is 2.50 bits per heavy atom. The van der Waals surface area contributed by atoms with E-state index < -0.39 is 12.0 Å². The van der Waals surface area contributed by atoms with Gasteiger partial charge in [-0.1, -0.05) is 23.5 Å². The van der Waals surface area contributed by atoms with Crippen molar-refractivity contribution in [1.29, 1.82) is 0 Å². The van der Waals surface area contributed by atoms with Crippen LogP contribution in [-0.2, 0) is 6.18 Å². The van der Waals surface area contributed by atoms with E-state index in [1.165, 1.54) is 0 Å². The van der Waals surface area contributed by atoms with E-state index in [1.807, 2.05) is 32.0 Å². The van der Waals surface area contributed by atoms with E-state index in [-0.39, 0.29) is 4.96 Å². The van der Waals surface area contributed by atoms with Gasteiger partial charge in [0.2, 0.25) is 4.96 Å². The van der Waals surface area contributed by atoms with E-state index >= 15 is 0 Å². The predicted molar refractivity (Wildman–Crippen MR) is 68.6 cm³/mol. The molecule has 0 bridgehead atoms. The maximum absolute atomic E-state index is 12.7. The second-order valence-electron chi connectivity index (χ2n) is 4.42. The smallest absolute Gasteiger partial charge is 0.178 e. The number of halogens is 3. The Morgan fingerprint density at radius 2 is 1.85 bits per heavy atom. The van der Waals surface area contributed by atoms with Crippen LogP contribution < -0.4 is 0 Å². The number of alkyl halides is 3. The average Bonchev–Trinajstić information content (AvgIpc) is 2.90. The summed E-state index contributed by atoms with van der Waals surface area (Å²) >= 11 is 1.08. The maximum Gasteiger partial charge on any atom is 0.453 e. The zero-order chi connectivity index (χ0) is 14.5. The highest BCUT2D eigenvalue weighted by atomic mass is 32.1. The number of hydrogen-bond acceptors (Lipinski definition) is 4. The van der Waals surface area contributed by atoms with Crippen molar-refractivity contribution >= 4 is 16.3 Å². The van der Waals surface area contributed by atoms with Crippen LogP contribution >= 0.6 is 11.3 Å². The lowest BCUT2D eigenvalue weighted by molar-refractivity contribution is -0.146. The zero-order valence-electron chi connectivity index (χ0n) is 10.6. The highest BCUT2D eigenvalue weighted by Gasteiger charge is 2.38. The predicted octanol–water partition coefficient (Wildman–Crippen LogP) is 3.49. The van der Waals surface area contributed by atoms with E-state index in [0.29, 0.717) is 5.01 Å². The van der Waals surface area contributed by atoms with Gasteiger partial charge in [-0.25, -0.2) is 0 Å². The molecular formula is C12H9F3N4S. The molecule has 0 radical (unpaired) electrons. The van der Waals surface area contributed by atoms with E-state index in [4.69, 9.17) is 0 Å². The minimum absolute atomic E-state index is 0.130. The van der Waals surface area contributed by atoms with Crippen molar-refractivity contribution in [2.24, 2.45) is 0 Å². The largest absolute Gasteiger partial charge is 0.453 e. The standard InChI is InChI=1S/C12H9F3N4S/c1-6-3-4-8(5-7(6)2)9-18-19-10(12(13,14)15)16-17-11(19)20-9/h3-5H,1-2H3. The van der Waals surface area contributed by atoms with Crippen molar-refractivity contribution in [2.45, 2.75) is 20.0 Å². The van der Waals surface area contributed by atoms with Crippen LogP contribution in [0.15, 0.2) is 18.2 Å². The number of fused-ring (bicyclic) bond motifs is 1. The number of aryl methyl sites for hydroxylation is 2. The molecule has 0 atom stereocenters. The fraction of sp³-hybridized carbons (Fsp3) is 0.250. The van der Waals surface area contributed by atoms with Gasteiger partial charge in [0.15, 0.2) is 0 Å². The third-order valence-electron chi connectivity index (χ3n) is 3.00. The van der Waals surface area contributed by atoms with Gasteiger partial charge in [-0.15, -0.1) is 10.2 Å². The molecule has 0 aliphatic rings. The van der Waals surface area contributed by atoms with Crippen molar-refractivity contribution in [3.05, 3.63) is 35.2 Å². The lowest BCUT2D eigenvalue weighted by Gasteiger charge is -2.02. The van der Waals surface area contributed by atoms with E-state index in [0.717, 1.165) is 32.5 Å². The Bertz CT molecular complexity index is 788. The first-order valence-corrected chi connectivity index (χ1v) is 6.55. The molecule has 0 spiro atoms. The van der Waals surface area contributed by atoms with E-state index in [2.05, 4.69) is 15.3 Å². The summed E-state index contributed by atoms with van der Waals surface area (Å²) in [5.74, 6) is -1.10. The van der Waals surface area contributed by atoms with Crippen LogP contribution in [0.5, 0.6) is 0 Å². The van der Waals surface area contributed by atoms with Gasteiger partial charge in [-0.05, 0) is 31.0 Å². The topological polar surface area (TPSA) is 43.1 Å². The Morgan fingerprint density at radius 1 is 1.10 bits per heavy atom. The van der Waals surface area contributed by atoms with Gasteiger partial charge < -0.3 is 0 Å². The molecule has 8 heteroatoms. The normalized spacial score (nSPS) is 12.2. The first kappa shape index (κ1) is 13.0. The second-order valence-corrected chi connectivity index (χ2v) is 5.38. The molecule has 1 aromatic carbocycles. The van der Waals surface area contributed by atoms with E-state index in [1.54, 1.807) is 0 Å². The van der Waals surface area contributed by atoms with Crippen LogP contribution in [0.1, 0.15) is 17.0 Å². The van der Waals surface area contributed by atoms with Gasteiger partial charge in [-0.3, -0.25) is 0 Å². The lowest BCUT2D eigenvalue weighted by atomic mass is 10.1. The van der Waals surface area contributed by atoms with Crippen LogP contribution in [0.4, 0.5) is 13.2 Å². The Hall–Kier alpha value is -1.96. The number of hydrogen-bond donors (Lipinski definition) is 0. The van der Waals surface area contributed by atoms with Gasteiger partial charge in [0.1, 0.15) is 5.01 Å². The SMILES string of the molecule is Cc1ccc(-c2nn3c(C(F)(F)F)nnc3s2)cc1C. The zero-order valence-corrected chi connectivity index (χ0v) is 11.4. The molecule has 0 N–H and O–H groups in total. The van der Waals surface area contributed by atoms with Crippen molar-refractivity contribution in [2.75, 3.05) is 0 Å². The third-order valence-corrected chi connectivity index (χ3v) is 3.95. The fourth-order valence-corrected chi connectivity index (χ4v) is 2.62. The number of aromatic nitrogens is 4. The number of rotatable bonds is 1. The quantitative estimate of drug-likeness (QED) is 0.690. The minimum Gasteiger partial charge on any atom is -0.178 e. The van der Waals surface area contributed by atoms with Crippen LogP contribution in [-0.4, -0.2) is 19.8 Å². The summed E-state index contributed by atoms with van der Waals surface area (Å²) in [4.78, 5) is 0.130. The summed E-state index contributed by atoms with van der Waals surface area (Å²) in [6.45, 7) is 3.92. The number of nitrogens with zero attached hydrogens (tertiary/aromatic N) is 4. The molecule has 0 saturated carbocycles. The first-order chi connectivity index (χ1) is 9.36.